The minimum Gasteiger partial charge on any atom is -0.0589 e. The van der Waals surface area contributed by atoms with Gasteiger partial charge in [-0.05, 0) is 35.4 Å². The van der Waals surface area contributed by atoms with Gasteiger partial charge in [0.2, 0.25) is 0 Å². The molecule has 2 rings (SSSR count). The SMILES string of the molecule is Brc1ccc(C(c2ccc(Br)cc2)C(Br)(Br)Br)cc1. The molecule has 100 valence electrons. The fourth-order valence-electron chi connectivity index (χ4n) is 1.88. The van der Waals surface area contributed by atoms with E-state index in [1.54, 1.807) is 0 Å². The van der Waals surface area contributed by atoms with E-state index in [4.69, 9.17) is 0 Å². The molecule has 0 unspecified atom stereocenters. The lowest BCUT2D eigenvalue weighted by Gasteiger charge is -2.26. The van der Waals surface area contributed by atoms with E-state index in [1.165, 1.54) is 11.1 Å². The van der Waals surface area contributed by atoms with Crippen LogP contribution in [0, 0.1) is 0 Å². The third kappa shape index (κ3) is 4.40. The summed E-state index contributed by atoms with van der Waals surface area (Å²) in [6.07, 6.45) is 0. The van der Waals surface area contributed by atoms with Crippen LogP contribution < -0.4 is 0 Å². The van der Waals surface area contributed by atoms with E-state index < -0.39 is 0 Å². The van der Waals surface area contributed by atoms with Gasteiger partial charge in [-0.1, -0.05) is 104 Å². The molecule has 0 heterocycles. The maximum Gasteiger partial charge on any atom is 0.145 e. The highest BCUT2D eigenvalue weighted by Crippen LogP contribution is 2.50. The molecule has 0 atom stereocenters. The zero-order chi connectivity index (χ0) is 14.0. The molecule has 0 aliphatic heterocycles. The van der Waals surface area contributed by atoms with Crippen molar-refractivity contribution in [2.45, 2.75) is 8.06 Å². The van der Waals surface area contributed by atoms with Gasteiger partial charge in [0.1, 0.15) is 2.14 Å². The Bertz CT molecular complexity index is 494. The molecule has 2 aromatic rings. The molecular formula is C14H9Br5. The molecule has 0 amide bonds. The first-order chi connectivity index (χ1) is 8.88. The molecule has 0 saturated heterocycles. The highest BCUT2D eigenvalue weighted by atomic mass is 80.0. The van der Waals surface area contributed by atoms with Crippen molar-refractivity contribution < 1.29 is 0 Å². The van der Waals surface area contributed by atoms with E-state index in [2.05, 4.69) is 128 Å². The summed E-state index contributed by atoms with van der Waals surface area (Å²) in [4.78, 5) is 0. The minimum atomic E-state index is -0.380. The molecule has 0 N–H and O–H groups in total. The molecule has 0 spiro atoms. The van der Waals surface area contributed by atoms with Crippen molar-refractivity contribution in [2.75, 3.05) is 0 Å². The standard InChI is InChI=1S/C14H9Br5/c15-11-5-1-9(2-6-11)13(14(17,18)19)10-3-7-12(16)8-4-10/h1-8,13H. The molecule has 0 bridgehead atoms. The van der Waals surface area contributed by atoms with Crippen LogP contribution in [0.1, 0.15) is 17.0 Å². The molecule has 5 heteroatoms. The van der Waals surface area contributed by atoms with Gasteiger partial charge >= 0.3 is 0 Å². The fourth-order valence-corrected chi connectivity index (χ4v) is 4.00. The van der Waals surface area contributed by atoms with Gasteiger partial charge in [0.25, 0.3) is 0 Å². The average Bonchev–Trinajstić information content (AvgIpc) is 2.33. The second-order valence-corrected chi connectivity index (χ2v) is 12.9. The first kappa shape index (κ1) is 16.2. The summed E-state index contributed by atoms with van der Waals surface area (Å²) in [6.45, 7) is 0. The van der Waals surface area contributed by atoms with Crippen LogP contribution in [0.3, 0.4) is 0 Å². The molecule has 0 fully saturated rings. The summed E-state index contributed by atoms with van der Waals surface area (Å²) < 4.78 is 1.78. The topological polar surface area (TPSA) is 0 Å². The molecular weight excluding hydrogens is 568 g/mol. The van der Waals surface area contributed by atoms with E-state index in [1.807, 2.05) is 0 Å². The Morgan fingerprint density at radius 2 is 0.947 bits per heavy atom. The van der Waals surface area contributed by atoms with E-state index in [0.29, 0.717) is 0 Å². The maximum absolute atomic E-state index is 3.67. The second kappa shape index (κ2) is 6.73. The van der Waals surface area contributed by atoms with Gasteiger partial charge < -0.3 is 0 Å². The Morgan fingerprint density at radius 1 is 0.632 bits per heavy atom. The van der Waals surface area contributed by atoms with Crippen molar-refractivity contribution in [1.29, 1.82) is 0 Å². The molecule has 0 aliphatic rings. The maximum atomic E-state index is 3.67. The lowest BCUT2D eigenvalue weighted by atomic mass is 9.93. The lowest BCUT2D eigenvalue weighted by Crippen LogP contribution is -2.16. The zero-order valence-corrected chi connectivity index (χ0v) is 17.5. The van der Waals surface area contributed by atoms with Gasteiger partial charge in [-0.3, -0.25) is 0 Å². The van der Waals surface area contributed by atoms with Crippen molar-refractivity contribution in [2.24, 2.45) is 0 Å². The number of hydrogen-bond donors (Lipinski definition) is 0. The number of halogens is 5. The smallest absolute Gasteiger partial charge is 0.0589 e. The summed E-state index contributed by atoms with van der Waals surface area (Å²) >= 11 is 17.9. The van der Waals surface area contributed by atoms with Crippen LogP contribution in [0.2, 0.25) is 0 Å². The number of rotatable bonds is 2. The van der Waals surface area contributed by atoms with Crippen molar-refractivity contribution in [1.82, 2.24) is 0 Å². The monoisotopic (exact) mass is 572 g/mol. The summed E-state index contributed by atoms with van der Waals surface area (Å²) in [5.41, 5.74) is 2.44. The molecule has 0 nitrogen and oxygen atoms in total. The zero-order valence-electron chi connectivity index (χ0n) is 9.59. The average molecular weight is 577 g/mol. The van der Waals surface area contributed by atoms with Crippen molar-refractivity contribution in [3.63, 3.8) is 0 Å². The summed E-state index contributed by atoms with van der Waals surface area (Å²) in [6, 6.07) is 16.7. The van der Waals surface area contributed by atoms with Crippen LogP contribution in [-0.4, -0.2) is 2.14 Å². The first-order valence-corrected chi connectivity index (χ1v) is 9.42. The highest BCUT2D eigenvalue weighted by Gasteiger charge is 2.33. The van der Waals surface area contributed by atoms with Crippen LogP contribution in [0.5, 0.6) is 0 Å². The molecule has 19 heavy (non-hydrogen) atoms. The first-order valence-electron chi connectivity index (χ1n) is 5.45. The predicted molar refractivity (Wildman–Crippen MR) is 99.6 cm³/mol. The van der Waals surface area contributed by atoms with E-state index in [0.717, 1.165) is 8.95 Å². The molecule has 0 saturated carbocycles. The van der Waals surface area contributed by atoms with Gasteiger partial charge in [-0.15, -0.1) is 0 Å². The fraction of sp³-hybridized carbons (Fsp3) is 0.143. The Labute approximate surface area is 155 Å². The predicted octanol–water partition coefficient (Wildman–Crippen LogP) is 7.18. The van der Waals surface area contributed by atoms with Crippen LogP contribution in [0.15, 0.2) is 57.5 Å². The molecule has 2 aromatic carbocycles. The third-order valence-electron chi connectivity index (χ3n) is 2.73. The van der Waals surface area contributed by atoms with E-state index in [9.17, 15) is 0 Å². The van der Waals surface area contributed by atoms with E-state index >= 15 is 0 Å². The van der Waals surface area contributed by atoms with Crippen molar-refractivity contribution in [3.05, 3.63) is 68.6 Å². The van der Waals surface area contributed by atoms with Crippen LogP contribution in [0.4, 0.5) is 0 Å². The van der Waals surface area contributed by atoms with Crippen molar-refractivity contribution in [3.8, 4) is 0 Å². The Morgan fingerprint density at radius 3 is 1.21 bits per heavy atom. The number of alkyl halides is 3. The van der Waals surface area contributed by atoms with Gasteiger partial charge in [-0.25, -0.2) is 0 Å². The van der Waals surface area contributed by atoms with Gasteiger partial charge in [0.15, 0.2) is 0 Å². The number of benzene rings is 2. The Hall–Kier alpha value is 0.840. The Kier molecular flexibility index (Phi) is 5.75. The van der Waals surface area contributed by atoms with Crippen LogP contribution in [-0.2, 0) is 0 Å². The van der Waals surface area contributed by atoms with Crippen LogP contribution >= 0.6 is 79.6 Å². The minimum absolute atomic E-state index is 0.147. The van der Waals surface area contributed by atoms with Gasteiger partial charge in [0.05, 0.1) is 0 Å². The largest absolute Gasteiger partial charge is 0.145 e. The van der Waals surface area contributed by atoms with E-state index in [-0.39, 0.29) is 8.06 Å². The third-order valence-corrected chi connectivity index (χ3v) is 5.16. The highest BCUT2D eigenvalue weighted by molar-refractivity contribution is 9.39. The van der Waals surface area contributed by atoms with Crippen molar-refractivity contribution >= 4 is 79.6 Å². The van der Waals surface area contributed by atoms with Gasteiger partial charge in [-0.2, -0.15) is 0 Å². The second-order valence-electron chi connectivity index (χ2n) is 4.08. The lowest BCUT2D eigenvalue weighted by molar-refractivity contribution is 0.892. The molecule has 0 aromatic heterocycles. The van der Waals surface area contributed by atoms with Crippen LogP contribution in [0.25, 0.3) is 0 Å². The summed E-state index contributed by atoms with van der Waals surface area (Å²) in [7, 11) is 0. The summed E-state index contributed by atoms with van der Waals surface area (Å²) in [5, 5.41) is 0. The molecule has 0 radical (unpaired) electrons. The quantitative estimate of drug-likeness (QED) is 0.332. The number of hydrogen-bond acceptors (Lipinski definition) is 0. The summed E-state index contributed by atoms with van der Waals surface area (Å²) in [5.74, 6) is 0.147. The Balaban J connectivity index is 2.47. The normalized spacial score (nSPS) is 11.9. The van der Waals surface area contributed by atoms with Gasteiger partial charge in [0, 0.05) is 14.9 Å². The molecule has 0 aliphatic carbocycles.